The lowest BCUT2D eigenvalue weighted by Gasteiger charge is -2.15. The number of carboxylic acids is 1. The van der Waals surface area contributed by atoms with Gasteiger partial charge in [0.2, 0.25) is 0 Å². The Balaban J connectivity index is 1.47. The van der Waals surface area contributed by atoms with Crippen molar-refractivity contribution in [1.29, 1.82) is 0 Å². The Labute approximate surface area is 179 Å². The van der Waals surface area contributed by atoms with Crippen molar-refractivity contribution in [1.82, 2.24) is 5.32 Å². The molecule has 1 unspecified atom stereocenters. The summed E-state index contributed by atoms with van der Waals surface area (Å²) >= 11 is 0. The van der Waals surface area contributed by atoms with Crippen molar-refractivity contribution >= 4 is 12.1 Å². The van der Waals surface area contributed by atoms with E-state index in [1.54, 1.807) is 66.7 Å². The SMILES string of the molecule is O=C(NC(Cc1ccccc1)C(=O)O)OCc1ccc(COc2ccccc2F)cc1. The van der Waals surface area contributed by atoms with E-state index in [1.165, 1.54) is 6.07 Å². The molecule has 0 bridgehead atoms. The third-order valence-corrected chi connectivity index (χ3v) is 4.50. The highest BCUT2D eigenvalue weighted by Crippen LogP contribution is 2.17. The molecule has 6 nitrogen and oxygen atoms in total. The zero-order valence-corrected chi connectivity index (χ0v) is 16.7. The van der Waals surface area contributed by atoms with E-state index in [-0.39, 0.29) is 25.4 Å². The first-order chi connectivity index (χ1) is 15.0. The van der Waals surface area contributed by atoms with Crippen LogP contribution in [0.4, 0.5) is 9.18 Å². The van der Waals surface area contributed by atoms with Gasteiger partial charge >= 0.3 is 12.1 Å². The van der Waals surface area contributed by atoms with Gasteiger partial charge in [0.05, 0.1) is 0 Å². The molecule has 0 fully saturated rings. The van der Waals surface area contributed by atoms with Gasteiger partial charge in [-0.2, -0.15) is 0 Å². The van der Waals surface area contributed by atoms with Gasteiger partial charge in [0.1, 0.15) is 19.3 Å². The number of carbonyl (C=O) groups excluding carboxylic acids is 1. The second-order valence-electron chi connectivity index (χ2n) is 6.84. The number of benzene rings is 3. The highest BCUT2D eigenvalue weighted by Gasteiger charge is 2.21. The van der Waals surface area contributed by atoms with Crippen molar-refractivity contribution < 1.29 is 28.6 Å². The Morgan fingerprint density at radius 2 is 1.45 bits per heavy atom. The lowest BCUT2D eigenvalue weighted by molar-refractivity contribution is -0.139. The molecule has 3 rings (SSSR count). The summed E-state index contributed by atoms with van der Waals surface area (Å²) in [6.45, 7) is 0.181. The summed E-state index contributed by atoms with van der Waals surface area (Å²) in [6, 6.07) is 21.2. The molecule has 1 atom stereocenters. The Bertz CT molecular complexity index is 1010. The van der Waals surface area contributed by atoms with Gasteiger partial charge in [-0.1, -0.05) is 66.7 Å². The van der Waals surface area contributed by atoms with Gasteiger partial charge in [-0.3, -0.25) is 0 Å². The third-order valence-electron chi connectivity index (χ3n) is 4.50. The van der Waals surface area contributed by atoms with E-state index in [2.05, 4.69) is 5.32 Å². The fourth-order valence-electron chi connectivity index (χ4n) is 2.84. The van der Waals surface area contributed by atoms with Gasteiger partial charge < -0.3 is 19.9 Å². The van der Waals surface area contributed by atoms with Gasteiger partial charge in [-0.15, -0.1) is 0 Å². The first-order valence-electron chi connectivity index (χ1n) is 9.66. The van der Waals surface area contributed by atoms with Crippen LogP contribution in [0.3, 0.4) is 0 Å². The van der Waals surface area contributed by atoms with E-state index in [0.717, 1.165) is 16.7 Å². The summed E-state index contributed by atoms with van der Waals surface area (Å²) < 4.78 is 24.2. The summed E-state index contributed by atoms with van der Waals surface area (Å²) in [4.78, 5) is 23.5. The van der Waals surface area contributed by atoms with Gasteiger partial charge in [0, 0.05) is 6.42 Å². The second-order valence-corrected chi connectivity index (χ2v) is 6.84. The predicted octanol–water partition coefficient (Wildman–Crippen LogP) is 4.33. The Kier molecular flexibility index (Phi) is 7.59. The Morgan fingerprint density at radius 3 is 2.10 bits per heavy atom. The number of nitrogens with one attached hydrogen (secondary N) is 1. The quantitative estimate of drug-likeness (QED) is 0.535. The number of hydrogen-bond donors (Lipinski definition) is 2. The number of alkyl carbamates (subject to hydrolysis) is 1. The smallest absolute Gasteiger partial charge is 0.408 e. The zero-order valence-electron chi connectivity index (χ0n) is 16.7. The molecule has 0 spiro atoms. The van der Waals surface area contributed by atoms with Crippen molar-refractivity contribution in [2.45, 2.75) is 25.7 Å². The van der Waals surface area contributed by atoms with Crippen molar-refractivity contribution in [2.75, 3.05) is 0 Å². The summed E-state index contributed by atoms with van der Waals surface area (Å²) in [6.07, 6.45) is -0.655. The topological polar surface area (TPSA) is 84.9 Å². The molecule has 2 N–H and O–H groups in total. The van der Waals surface area contributed by atoms with Crippen LogP contribution in [-0.2, 0) is 29.2 Å². The number of rotatable bonds is 9. The van der Waals surface area contributed by atoms with Crippen molar-refractivity contribution in [3.05, 3.63) is 101 Å². The monoisotopic (exact) mass is 423 g/mol. The average Bonchev–Trinajstić information content (AvgIpc) is 2.78. The minimum atomic E-state index is -1.14. The third kappa shape index (κ3) is 6.85. The Morgan fingerprint density at radius 1 is 0.839 bits per heavy atom. The molecule has 0 heterocycles. The number of halogens is 1. The number of aliphatic carboxylic acids is 1. The summed E-state index contributed by atoms with van der Waals surface area (Å²) in [5.74, 6) is -1.39. The molecule has 160 valence electrons. The minimum Gasteiger partial charge on any atom is -0.486 e. The molecular weight excluding hydrogens is 401 g/mol. The zero-order chi connectivity index (χ0) is 22.1. The van der Waals surface area contributed by atoms with Crippen LogP contribution in [0.2, 0.25) is 0 Å². The Hall–Kier alpha value is -3.87. The van der Waals surface area contributed by atoms with Crippen LogP contribution < -0.4 is 10.1 Å². The van der Waals surface area contributed by atoms with Crippen LogP contribution in [0.5, 0.6) is 5.75 Å². The molecule has 31 heavy (non-hydrogen) atoms. The van der Waals surface area contributed by atoms with Crippen LogP contribution in [0.15, 0.2) is 78.9 Å². The van der Waals surface area contributed by atoms with Crippen LogP contribution >= 0.6 is 0 Å². The summed E-state index contributed by atoms with van der Waals surface area (Å²) in [5.41, 5.74) is 2.34. The summed E-state index contributed by atoms with van der Waals surface area (Å²) in [7, 11) is 0. The lowest BCUT2D eigenvalue weighted by atomic mass is 10.1. The molecular formula is C24H22FNO5. The molecule has 0 saturated heterocycles. The fraction of sp³-hybridized carbons (Fsp3) is 0.167. The number of para-hydroxylation sites is 1. The number of carboxylic acid groups (broad SMARTS) is 1. The molecule has 0 aliphatic carbocycles. The van der Waals surface area contributed by atoms with Crippen LogP contribution in [-0.4, -0.2) is 23.2 Å². The molecule has 0 radical (unpaired) electrons. The van der Waals surface area contributed by atoms with Crippen molar-refractivity contribution in [3.63, 3.8) is 0 Å². The largest absolute Gasteiger partial charge is 0.486 e. The average molecular weight is 423 g/mol. The van der Waals surface area contributed by atoms with E-state index in [9.17, 15) is 19.1 Å². The number of carbonyl (C=O) groups is 2. The summed E-state index contributed by atoms with van der Waals surface area (Å²) in [5, 5.41) is 11.7. The highest BCUT2D eigenvalue weighted by molar-refractivity contribution is 5.80. The van der Waals surface area contributed by atoms with Crippen molar-refractivity contribution in [3.8, 4) is 5.75 Å². The first kappa shape index (κ1) is 21.8. The maximum atomic E-state index is 13.6. The molecule has 0 aliphatic rings. The molecule has 0 aromatic heterocycles. The van der Waals surface area contributed by atoms with Gasteiger partial charge in [0.15, 0.2) is 11.6 Å². The maximum Gasteiger partial charge on any atom is 0.408 e. The van der Waals surface area contributed by atoms with E-state index in [4.69, 9.17) is 9.47 Å². The van der Waals surface area contributed by atoms with Gasteiger partial charge in [0.25, 0.3) is 0 Å². The lowest BCUT2D eigenvalue weighted by Crippen LogP contribution is -2.42. The van der Waals surface area contributed by atoms with Crippen LogP contribution in [0.1, 0.15) is 16.7 Å². The van der Waals surface area contributed by atoms with Crippen LogP contribution in [0.25, 0.3) is 0 Å². The first-order valence-corrected chi connectivity index (χ1v) is 9.66. The number of ether oxygens (including phenoxy) is 2. The van der Waals surface area contributed by atoms with Gasteiger partial charge in [-0.25, -0.2) is 14.0 Å². The minimum absolute atomic E-state index is 0.0159. The molecule has 3 aromatic carbocycles. The van der Waals surface area contributed by atoms with Gasteiger partial charge in [-0.05, 0) is 28.8 Å². The molecule has 7 heteroatoms. The second kappa shape index (κ2) is 10.8. The molecule has 0 aliphatic heterocycles. The highest BCUT2D eigenvalue weighted by atomic mass is 19.1. The van der Waals surface area contributed by atoms with Crippen molar-refractivity contribution in [2.24, 2.45) is 0 Å². The van der Waals surface area contributed by atoms with Crippen LogP contribution in [0, 0.1) is 5.82 Å². The van der Waals surface area contributed by atoms with E-state index >= 15 is 0 Å². The number of hydrogen-bond acceptors (Lipinski definition) is 4. The van der Waals surface area contributed by atoms with E-state index in [1.807, 2.05) is 6.07 Å². The van der Waals surface area contributed by atoms with E-state index in [0.29, 0.717) is 0 Å². The molecule has 1 amide bonds. The molecule has 3 aromatic rings. The maximum absolute atomic E-state index is 13.6. The standard InChI is InChI=1S/C24H22FNO5/c25-20-8-4-5-9-22(20)30-15-18-10-12-19(13-11-18)16-31-24(29)26-21(23(27)28)14-17-6-2-1-3-7-17/h1-13,21H,14-16H2,(H,26,29)(H,27,28). The predicted molar refractivity (Wildman–Crippen MR) is 112 cm³/mol. The molecule has 0 saturated carbocycles. The normalized spacial score (nSPS) is 11.4. The number of amides is 1. The fourth-order valence-corrected chi connectivity index (χ4v) is 2.84. The van der Waals surface area contributed by atoms with E-state index < -0.39 is 23.9 Å².